The standard InChI is InChI=1S/C24H34N2O4.3C2H6.CH5N/c1-16-11-20(15-22(27)28)12-17(2)24(16)30-21-13-18(3)23(19(4)14-21)29-10-6-9-26-8-5-7-25;4*1-2/h11-14,26H,5-10,15,25H2,1-4H3,(H,27,28);3*1-2H3;2H2,1H3. The largest absolute Gasteiger partial charge is 0.493 e. The molecule has 2 rings (SSSR count). The summed E-state index contributed by atoms with van der Waals surface area (Å²) in [6.45, 7) is 23.1. The molecule has 0 amide bonds. The van der Waals surface area contributed by atoms with Gasteiger partial charge < -0.3 is 31.4 Å². The smallest absolute Gasteiger partial charge is 0.307 e. The molecule has 2 aromatic carbocycles. The van der Waals surface area contributed by atoms with Crippen LogP contribution in [-0.2, 0) is 11.2 Å². The Morgan fingerprint density at radius 3 is 1.68 bits per heavy atom. The third kappa shape index (κ3) is 16.3. The lowest BCUT2D eigenvalue weighted by atomic mass is 10.0. The van der Waals surface area contributed by atoms with Gasteiger partial charge in [-0.1, -0.05) is 53.7 Å². The number of benzene rings is 2. The van der Waals surface area contributed by atoms with E-state index >= 15 is 0 Å². The Balaban J connectivity index is -0.00000140. The molecule has 0 aliphatic heterocycles. The van der Waals surface area contributed by atoms with Gasteiger partial charge in [0, 0.05) is 0 Å². The van der Waals surface area contributed by atoms with E-state index in [0.29, 0.717) is 13.2 Å². The number of hydrogen-bond donors (Lipinski definition) is 4. The Morgan fingerprint density at radius 2 is 1.24 bits per heavy atom. The minimum atomic E-state index is -0.837. The molecule has 7 nitrogen and oxygen atoms in total. The predicted octanol–water partition coefficient (Wildman–Crippen LogP) is 6.70. The lowest BCUT2D eigenvalue weighted by Crippen LogP contribution is -2.20. The molecule has 7 heteroatoms. The molecule has 0 aromatic heterocycles. The monoisotopic (exact) mass is 535 g/mol. The van der Waals surface area contributed by atoms with E-state index < -0.39 is 5.97 Å². The number of hydrogen-bond acceptors (Lipinski definition) is 6. The van der Waals surface area contributed by atoms with Crippen molar-refractivity contribution in [2.45, 2.75) is 88.5 Å². The molecule has 0 atom stereocenters. The Labute approximate surface area is 233 Å². The summed E-state index contributed by atoms with van der Waals surface area (Å²) in [4.78, 5) is 11.0. The number of carboxylic acids is 1. The minimum Gasteiger partial charge on any atom is -0.493 e. The summed E-state index contributed by atoms with van der Waals surface area (Å²) in [5.74, 6) is 1.57. The fraction of sp³-hybridized carbons (Fsp3) is 0.581. The van der Waals surface area contributed by atoms with Crippen molar-refractivity contribution in [1.82, 2.24) is 5.32 Å². The summed E-state index contributed by atoms with van der Waals surface area (Å²) in [5, 5.41) is 12.4. The van der Waals surface area contributed by atoms with E-state index in [1.807, 2.05) is 93.5 Å². The van der Waals surface area contributed by atoms with Crippen LogP contribution >= 0.6 is 0 Å². The second-order valence-corrected chi connectivity index (χ2v) is 7.71. The van der Waals surface area contributed by atoms with E-state index in [9.17, 15) is 4.79 Å². The Kier molecular flexibility index (Phi) is 27.3. The zero-order valence-corrected chi connectivity index (χ0v) is 26.1. The summed E-state index contributed by atoms with van der Waals surface area (Å²) >= 11 is 0. The first-order valence-corrected chi connectivity index (χ1v) is 14.0. The van der Waals surface area contributed by atoms with E-state index in [2.05, 4.69) is 11.1 Å². The molecule has 2 aromatic rings. The van der Waals surface area contributed by atoms with Crippen LogP contribution < -0.4 is 26.3 Å². The van der Waals surface area contributed by atoms with E-state index in [4.69, 9.17) is 20.3 Å². The highest BCUT2D eigenvalue weighted by Gasteiger charge is 2.12. The van der Waals surface area contributed by atoms with Crippen LogP contribution in [0.15, 0.2) is 24.3 Å². The Bertz CT molecular complexity index is 824. The number of carbonyl (C=O) groups is 1. The predicted molar refractivity (Wildman–Crippen MR) is 164 cm³/mol. The van der Waals surface area contributed by atoms with Gasteiger partial charge >= 0.3 is 5.97 Å². The van der Waals surface area contributed by atoms with Gasteiger partial charge in [0.1, 0.15) is 17.2 Å². The fourth-order valence-electron chi connectivity index (χ4n) is 3.52. The van der Waals surface area contributed by atoms with Gasteiger partial charge in [-0.2, -0.15) is 0 Å². The zero-order chi connectivity index (χ0) is 30.1. The van der Waals surface area contributed by atoms with Gasteiger partial charge in [0.2, 0.25) is 0 Å². The first-order valence-electron chi connectivity index (χ1n) is 14.0. The summed E-state index contributed by atoms with van der Waals surface area (Å²) in [5.41, 5.74) is 14.7. The average molecular weight is 536 g/mol. The number of rotatable bonds is 12. The van der Waals surface area contributed by atoms with Crippen LogP contribution in [0.3, 0.4) is 0 Å². The molecule has 0 saturated carbocycles. The third-order valence-electron chi connectivity index (χ3n) is 4.83. The normalized spacial score (nSPS) is 9.18. The number of carboxylic acid groups (broad SMARTS) is 1. The molecule has 0 fully saturated rings. The first kappa shape index (κ1) is 39.9. The van der Waals surface area contributed by atoms with Crippen LogP contribution in [0.2, 0.25) is 0 Å². The van der Waals surface area contributed by atoms with E-state index in [0.717, 1.165) is 71.0 Å². The van der Waals surface area contributed by atoms with Gasteiger partial charge in [-0.25, -0.2) is 0 Å². The summed E-state index contributed by atoms with van der Waals surface area (Å²) in [6.07, 6.45) is 1.93. The number of aliphatic carboxylic acids is 1. The first-order chi connectivity index (χ1) is 18.3. The molecule has 0 saturated heterocycles. The maximum absolute atomic E-state index is 11.0. The molecule has 0 radical (unpaired) electrons. The molecule has 0 aliphatic rings. The maximum Gasteiger partial charge on any atom is 0.307 e. The van der Waals surface area contributed by atoms with Crippen molar-refractivity contribution < 1.29 is 19.4 Å². The number of nitrogens with one attached hydrogen (secondary N) is 1. The maximum atomic E-state index is 11.0. The summed E-state index contributed by atoms with van der Waals surface area (Å²) in [7, 11) is 1.50. The highest BCUT2D eigenvalue weighted by molar-refractivity contribution is 5.70. The molecule has 0 bridgehead atoms. The Morgan fingerprint density at radius 1 is 0.789 bits per heavy atom. The van der Waals surface area contributed by atoms with Gasteiger partial charge in [0.15, 0.2) is 0 Å². The minimum absolute atomic E-state index is 0.00868. The highest BCUT2D eigenvalue weighted by Crippen LogP contribution is 2.34. The van der Waals surface area contributed by atoms with Gasteiger partial charge in [0.25, 0.3) is 0 Å². The Hall–Kier alpha value is -2.61. The van der Waals surface area contributed by atoms with Crippen LogP contribution in [-0.4, -0.2) is 44.4 Å². The van der Waals surface area contributed by atoms with Crippen molar-refractivity contribution in [1.29, 1.82) is 0 Å². The third-order valence-corrected chi connectivity index (χ3v) is 4.83. The lowest BCUT2D eigenvalue weighted by Gasteiger charge is -2.17. The van der Waals surface area contributed by atoms with Gasteiger partial charge in [0.05, 0.1) is 13.0 Å². The molecule has 0 heterocycles. The van der Waals surface area contributed by atoms with Crippen molar-refractivity contribution in [2.24, 2.45) is 11.5 Å². The topological polar surface area (TPSA) is 120 Å². The van der Waals surface area contributed by atoms with Gasteiger partial charge in [-0.15, -0.1) is 0 Å². The quantitative estimate of drug-likeness (QED) is 0.223. The van der Waals surface area contributed by atoms with Gasteiger partial charge in [-0.05, 0) is 107 Å². The average Bonchev–Trinajstić information content (AvgIpc) is 2.91. The van der Waals surface area contributed by atoms with Crippen molar-refractivity contribution in [3.63, 3.8) is 0 Å². The van der Waals surface area contributed by atoms with Gasteiger partial charge in [-0.3, -0.25) is 4.79 Å². The molecule has 0 aliphatic carbocycles. The van der Waals surface area contributed by atoms with Crippen molar-refractivity contribution in [3.8, 4) is 17.2 Å². The SMILES string of the molecule is CC.CC.CC.CN.Cc1cc(Oc2c(C)cc(CC(=O)O)cc2C)cc(C)c1OCCCNCCCN. The molecular formula is C31H57N3O4. The van der Waals surface area contributed by atoms with E-state index in [1.54, 1.807) is 0 Å². The second-order valence-electron chi connectivity index (χ2n) is 7.71. The fourth-order valence-corrected chi connectivity index (χ4v) is 3.52. The van der Waals surface area contributed by atoms with E-state index in [1.165, 1.54) is 7.05 Å². The number of nitrogens with two attached hydrogens (primary N) is 2. The zero-order valence-electron chi connectivity index (χ0n) is 26.1. The lowest BCUT2D eigenvalue weighted by molar-refractivity contribution is -0.136. The van der Waals surface area contributed by atoms with Crippen molar-refractivity contribution >= 4 is 5.97 Å². The molecule has 6 N–H and O–H groups in total. The molecule has 0 unspecified atom stereocenters. The highest BCUT2D eigenvalue weighted by atomic mass is 16.5. The summed E-state index contributed by atoms with van der Waals surface area (Å²) < 4.78 is 12.2. The van der Waals surface area contributed by atoms with Crippen LogP contribution in [0.25, 0.3) is 0 Å². The molecular weight excluding hydrogens is 478 g/mol. The second kappa shape index (κ2) is 26.0. The van der Waals surface area contributed by atoms with Crippen LogP contribution in [0.5, 0.6) is 17.2 Å². The van der Waals surface area contributed by atoms with Crippen molar-refractivity contribution in [3.05, 3.63) is 52.1 Å². The molecule has 220 valence electrons. The molecule has 0 spiro atoms. The van der Waals surface area contributed by atoms with Crippen molar-refractivity contribution in [2.75, 3.05) is 33.3 Å². The number of ether oxygens (including phenoxy) is 2. The van der Waals surface area contributed by atoms with Crippen LogP contribution in [0.4, 0.5) is 0 Å². The van der Waals surface area contributed by atoms with E-state index in [-0.39, 0.29) is 6.42 Å². The summed E-state index contributed by atoms with van der Waals surface area (Å²) in [6, 6.07) is 7.70. The van der Waals surface area contributed by atoms with Crippen LogP contribution in [0, 0.1) is 27.7 Å². The van der Waals surface area contributed by atoms with Crippen LogP contribution in [0.1, 0.15) is 82.2 Å². The molecule has 38 heavy (non-hydrogen) atoms. The number of aryl methyl sites for hydroxylation is 4.